The molecule has 0 radical (unpaired) electrons. The highest BCUT2D eigenvalue weighted by atomic mass is 16.5. The first-order valence-electron chi connectivity index (χ1n) is 5.76. The number of hydrogen-bond acceptors (Lipinski definition) is 3. The predicted octanol–water partition coefficient (Wildman–Crippen LogP) is 1.33. The fraction of sp³-hybridized carbons (Fsp3) is 0.286. The highest BCUT2D eigenvalue weighted by Gasteiger charge is 2.43. The number of nitrogens with zero attached hydrogens (tertiary/aromatic N) is 2. The van der Waals surface area contributed by atoms with Crippen LogP contribution in [0.25, 0.3) is 10.9 Å². The van der Waals surface area contributed by atoms with Crippen LogP contribution < -0.4 is 5.56 Å². The summed E-state index contributed by atoms with van der Waals surface area (Å²) in [7, 11) is 1.73. The Bertz CT molecular complexity index is 721. The lowest BCUT2D eigenvalue weighted by Gasteiger charge is -2.35. The first kappa shape index (κ1) is 11.0. The van der Waals surface area contributed by atoms with Crippen LogP contribution >= 0.6 is 0 Å². The van der Waals surface area contributed by atoms with Crippen molar-refractivity contribution in [2.75, 3.05) is 13.2 Å². The zero-order chi connectivity index (χ0) is 12.8. The summed E-state index contributed by atoms with van der Waals surface area (Å²) < 4.78 is 6.72. The summed E-state index contributed by atoms with van der Waals surface area (Å²) >= 11 is 0. The molecule has 18 heavy (non-hydrogen) atoms. The van der Waals surface area contributed by atoms with Crippen LogP contribution in [0, 0.1) is 11.3 Å². The van der Waals surface area contributed by atoms with Crippen molar-refractivity contribution < 1.29 is 4.74 Å². The number of aromatic nitrogens is 1. The zero-order valence-corrected chi connectivity index (χ0v) is 10.0. The molecule has 1 aliphatic rings. The van der Waals surface area contributed by atoms with E-state index in [1.54, 1.807) is 11.6 Å². The number of rotatable bonds is 1. The fourth-order valence-corrected chi connectivity index (χ4v) is 2.35. The van der Waals surface area contributed by atoms with E-state index in [1.165, 1.54) is 0 Å². The minimum Gasteiger partial charge on any atom is -0.377 e. The topological polar surface area (TPSA) is 55.0 Å². The van der Waals surface area contributed by atoms with E-state index < -0.39 is 5.41 Å². The lowest BCUT2D eigenvalue weighted by molar-refractivity contribution is -0.0305. The third-order valence-corrected chi connectivity index (χ3v) is 3.56. The van der Waals surface area contributed by atoms with E-state index in [4.69, 9.17) is 4.74 Å². The maximum atomic E-state index is 12.3. The molecule has 0 spiro atoms. The molecule has 1 fully saturated rings. The van der Waals surface area contributed by atoms with Crippen molar-refractivity contribution in [3.63, 3.8) is 0 Å². The van der Waals surface area contributed by atoms with Crippen LogP contribution in [0.1, 0.15) is 5.56 Å². The zero-order valence-electron chi connectivity index (χ0n) is 10.0. The van der Waals surface area contributed by atoms with E-state index in [9.17, 15) is 10.1 Å². The number of benzene rings is 1. The molecule has 0 atom stereocenters. The molecular weight excluding hydrogens is 228 g/mol. The third kappa shape index (κ3) is 1.31. The van der Waals surface area contributed by atoms with Crippen LogP contribution in [0.4, 0.5) is 0 Å². The number of fused-ring (bicyclic) bond motifs is 1. The summed E-state index contributed by atoms with van der Waals surface area (Å²) in [6.07, 6.45) is 0. The van der Waals surface area contributed by atoms with E-state index in [0.29, 0.717) is 18.8 Å². The van der Waals surface area contributed by atoms with Crippen molar-refractivity contribution in [2.24, 2.45) is 7.05 Å². The summed E-state index contributed by atoms with van der Waals surface area (Å²) in [6.45, 7) is 0.605. The number of nitriles is 1. The molecule has 2 heterocycles. The quantitative estimate of drug-likeness (QED) is 0.755. The average Bonchev–Trinajstić information content (AvgIpc) is 2.35. The lowest BCUT2D eigenvalue weighted by Crippen LogP contribution is -2.49. The van der Waals surface area contributed by atoms with Gasteiger partial charge in [-0.25, -0.2) is 0 Å². The number of para-hydroxylation sites is 1. The van der Waals surface area contributed by atoms with Crippen molar-refractivity contribution >= 4 is 10.9 Å². The maximum Gasteiger partial charge on any atom is 0.255 e. The second-order valence-corrected chi connectivity index (χ2v) is 4.67. The third-order valence-electron chi connectivity index (χ3n) is 3.56. The summed E-state index contributed by atoms with van der Waals surface area (Å²) in [5, 5.41) is 10.3. The SMILES string of the molecule is Cn1c(=O)c(C2(C#N)COC2)cc2ccccc21. The molecule has 0 aliphatic carbocycles. The van der Waals surface area contributed by atoms with Gasteiger partial charge in [0.05, 0.1) is 24.8 Å². The first-order chi connectivity index (χ1) is 8.68. The monoisotopic (exact) mass is 240 g/mol. The lowest BCUT2D eigenvalue weighted by atomic mass is 9.80. The van der Waals surface area contributed by atoms with Gasteiger partial charge in [-0.05, 0) is 17.5 Å². The van der Waals surface area contributed by atoms with Crippen molar-refractivity contribution in [1.82, 2.24) is 4.57 Å². The Hall–Kier alpha value is -2.12. The van der Waals surface area contributed by atoms with E-state index in [-0.39, 0.29) is 5.56 Å². The molecule has 4 nitrogen and oxygen atoms in total. The second-order valence-electron chi connectivity index (χ2n) is 4.67. The predicted molar refractivity (Wildman–Crippen MR) is 67.3 cm³/mol. The number of aryl methyl sites for hydroxylation is 1. The molecule has 0 saturated carbocycles. The van der Waals surface area contributed by atoms with E-state index in [0.717, 1.165) is 10.9 Å². The van der Waals surface area contributed by atoms with Crippen LogP contribution in [-0.2, 0) is 17.2 Å². The van der Waals surface area contributed by atoms with Crippen LogP contribution in [0.2, 0.25) is 0 Å². The largest absolute Gasteiger partial charge is 0.377 e. The van der Waals surface area contributed by atoms with Gasteiger partial charge in [-0.15, -0.1) is 0 Å². The van der Waals surface area contributed by atoms with Gasteiger partial charge in [0.2, 0.25) is 0 Å². The Kier molecular flexibility index (Phi) is 2.25. The van der Waals surface area contributed by atoms with Crippen molar-refractivity contribution in [3.8, 4) is 6.07 Å². The van der Waals surface area contributed by atoms with Crippen molar-refractivity contribution in [2.45, 2.75) is 5.41 Å². The second kappa shape index (κ2) is 3.69. The Balaban J connectivity index is 2.35. The number of ether oxygens (including phenoxy) is 1. The molecule has 90 valence electrons. The Morgan fingerprint density at radius 1 is 1.39 bits per heavy atom. The van der Waals surface area contributed by atoms with E-state index >= 15 is 0 Å². The van der Waals surface area contributed by atoms with Gasteiger partial charge in [-0.3, -0.25) is 4.79 Å². The molecule has 3 rings (SSSR count). The summed E-state index contributed by atoms with van der Waals surface area (Å²) in [6, 6.07) is 11.7. The van der Waals surface area contributed by atoms with Crippen LogP contribution in [0.3, 0.4) is 0 Å². The van der Waals surface area contributed by atoms with Gasteiger partial charge in [0, 0.05) is 12.6 Å². The standard InChI is InChI=1S/C14H12N2O2/c1-16-12-5-3-2-4-10(12)6-11(13(16)17)14(7-15)8-18-9-14/h2-6H,8-9H2,1H3. The molecule has 0 N–H and O–H groups in total. The summed E-state index contributed by atoms with van der Waals surface area (Å²) in [5.41, 5.74) is 0.536. The molecule has 0 bridgehead atoms. The van der Waals surface area contributed by atoms with Gasteiger partial charge in [0.25, 0.3) is 5.56 Å². The van der Waals surface area contributed by atoms with Gasteiger partial charge in [0.15, 0.2) is 0 Å². The molecule has 1 saturated heterocycles. The molecule has 1 aromatic carbocycles. The van der Waals surface area contributed by atoms with Gasteiger partial charge in [0.1, 0.15) is 5.41 Å². The molecular formula is C14H12N2O2. The summed E-state index contributed by atoms with van der Waals surface area (Å²) in [4.78, 5) is 12.3. The Labute approximate surface area is 104 Å². The highest BCUT2D eigenvalue weighted by Crippen LogP contribution is 2.30. The van der Waals surface area contributed by atoms with Crippen LogP contribution in [0.15, 0.2) is 35.1 Å². The van der Waals surface area contributed by atoms with Gasteiger partial charge < -0.3 is 9.30 Å². The minimum atomic E-state index is -0.765. The van der Waals surface area contributed by atoms with Gasteiger partial charge in [-0.2, -0.15) is 5.26 Å². The molecule has 2 aromatic rings. The Morgan fingerprint density at radius 3 is 2.72 bits per heavy atom. The van der Waals surface area contributed by atoms with E-state index in [2.05, 4.69) is 6.07 Å². The normalized spacial score (nSPS) is 17.1. The van der Waals surface area contributed by atoms with E-state index in [1.807, 2.05) is 30.3 Å². The maximum absolute atomic E-state index is 12.3. The highest BCUT2D eigenvalue weighted by molar-refractivity contribution is 5.80. The smallest absolute Gasteiger partial charge is 0.255 e. The van der Waals surface area contributed by atoms with Crippen molar-refractivity contribution in [1.29, 1.82) is 5.26 Å². The van der Waals surface area contributed by atoms with Gasteiger partial charge in [-0.1, -0.05) is 18.2 Å². The molecule has 0 unspecified atom stereocenters. The van der Waals surface area contributed by atoms with Crippen LogP contribution in [-0.4, -0.2) is 17.8 Å². The van der Waals surface area contributed by atoms with Crippen molar-refractivity contribution in [3.05, 3.63) is 46.2 Å². The molecule has 0 amide bonds. The fourth-order valence-electron chi connectivity index (χ4n) is 2.35. The summed E-state index contributed by atoms with van der Waals surface area (Å²) in [5.74, 6) is 0. The molecule has 4 heteroatoms. The van der Waals surface area contributed by atoms with Crippen LogP contribution in [0.5, 0.6) is 0 Å². The van der Waals surface area contributed by atoms with Gasteiger partial charge >= 0.3 is 0 Å². The molecule has 1 aromatic heterocycles. The minimum absolute atomic E-state index is 0.112. The number of pyridine rings is 1. The number of hydrogen-bond donors (Lipinski definition) is 0. The Morgan fingerprint density at radius 2 is 2.11 bits per heavy atom. The molecule has 1 aliphatic heterocycles. The first-order valence-corrected chi connectivity index (χ1v) is 5.76. The average molecular weight is 240 g/mol.